The van der Waals surface area contributed by atoms with Crippen LogP contribution in [-0.2, 0) is 0 Å². The molecule has 0 atom stereocenters. The van der Waals surface area contributed by atoms with Crippen LogP contribution in [0.3, 0.4) is 0 Å². The Morgan fingerprint density at radius 2 is 1.84 bits per heavy atom. The van der Waals surface area contributed by atoms with Crippen LogP contribution >= 0.6 is 0 Å². The number of benzene rings is 1. The molecular weight excluding hydrogens is 328 g/mol. The molecule has 0 bridgehead atoms. The molecule has 3 aromatic rings. The van der Waals surface area contributed by atoms with E-state index in [1.807, 2.05) is 0 Å². The van der Waals surface area contributed by atoms with Crippen LogP contribution < -0.4 is 15.4 Å². The maximum atomic E-state index is 11.5. The Hall–Kier alpha value is -3.69. The van der Waals surface area contributed by atoms with E-state index >= 15 is 0 Å². The number of aryl methyl sites for hydroxylation is 1. The van der Waals surface area contributed by atoms with Gasteiger partial charge in [0.05, 0.1) is 12.0 Å². The van der Waals surface area contributed by atoms with Crippen molar-refractivity contribution < 1.29 is 14.2 Å². The van der Waals surface area contributed by atoms with E-state index < -0.39 is 4.92 Å². The molecule has 0 aliphatic heterocycles. The number of anilines is 4. The number of nitrogens with zero attached hydrogens (tertiary/aromatic N) is 4. The molecule has 0 aliphatic carbocycles. The Balaban J connectivity index is 1.92. The number of rotatable bonds is 6. The second kappa shape index (κ2) is 6.83. The van der Waals surface area contributed by atoms with Crippen LogP contribution in [0.15, 0.2) is 41.2 Å². The number of nitrogens with one attached hydrogen (secondary N) is 2. The number of ether oxygens (including phenoxy) is 1. The van der Waals surface area contributed by atoms with E-state index in [1.165, 1.54) is 6.33 Å². The molecule has 0 spiro atoms. The van der Waals surface area contributed by atoms with Crippen LogP contribution in [0.2, 0.25) is 0 Å². The van der Waals surface area contributed by atoms with Crippen LogP contribution in [0.1, 0.15) is 5.76 Å². The molecule has 3 rings (SSSR count). The van der Waals surface area contributed by atoms with Gasteiger partial charge in [-0.2, -0.15) is 0 Å². The summed E-state index contributed by atoms with van der Waals surface area (Å²) in [4.78, 5) is 18.8. The normalized spacial score (nSPS) is 10.3. The Bertz CT molecular complexity index is 893. The fourth-order valence-electron chi connectivity index (χ4n) is 2.09. The fraction of sp³-hybridized carbons (Fsp3) is 0.133. The molecule has 10 nitrogen and oxygen atoms in total. The molecule has 0 saturated heterocycles. The zero-order valence-electron chi connectivity index (χ0n) is 13.4. The van der Waals surface area contributed by atoms with E-state index in [4.69, 9.17) is 9.26 Å². The second-order valence-electron chi connectivity index (χ2n) is 4.98. The zero-order valence-corrected chi connectivity index (χ0v) is 13.4. The van der Waals surface area contributed by atoms with Crippen molar-refractivity contribution in [3.05, 3.63) is 52.5 Å². The van der Waals surface area contributed by atoms with Crippen molar-refractivity contribution in [2.75, 3.05) is 17.7 Å². The zero-order chi connectivity index (χ0) is 17.8. The highest BCUT2D eigenvalue weighted by atomic mass is 16.6. The molecule has 0 radical (unpaired) electrons. The van der Waals surface area contributed by atoms with Gasteiger partial charge in [-0.1, -0.05) is 5.16 Å². The number of aromatic nitrogens is 3. The van der Waals surface area contributed by atoms with Crippen molar-refractivity contribution in [3.8, 4) is 5.75 Å². The summed E-state index contributed by atoms with van der Waals surface area (Å²) in [7, 11) is 1.56. The van der Waals surface area contributed by atoms with E-state index in [-0.39, 0.29) is 17.3 Å². The minimum Gasteiger partial charge on any atom is -0.497 e. The Morgan fingerprint density at radius 3 is 2.40 bits per heavy atom. The first-order valence-corrected chi connectivity index (χ1v) is 7.17. The van der Waals surface area contributed by atoms with Gasteiger partial charge in [-0.15, -0.1) is 0 Å². The van der Waals surface area contributed by atoms with Crippen molar-refractivity contribution in [2.45, 2.75) is 6.92 Å². The summed E-state index contributed by atoms with van der Waals surface area (Å²) in [5, 5.41) is 20.9. The van der Waals surface area contributed by atoms with Gasteiger partial charge in [0.25, 0.3) is 0 Å². The lowest BCUT2D eigenvalue weighted by atomic mass is 10.3. The summed E-state index contributed by atoms with van der Waals surface area (Å²) in [6.45, 7) is 1.71. The third-order valence-electron chi connectivity index (χ3n) is 3.23. The molecular formula is C15H14N6O4. The predicted molar refractivity (Wildman–Crippen MR) is 89.5 cm³/mol. The third kappa shape index (κ3) is 3.63. The van der Waals surface area contributed by atoms with Crippen molar-refractivity contribution in [1.82, 2.24) is 15.1 Å². The van der Waals surface area contributed by atoms with Crippen LogP contribution in [0.4, 0.5) is 28.8 Å². The molecule has 1 aromatic carbocycles. The van der Waals surface area contributed by atoms with Gasteiger partial charge in [0.1, 0.15) is 17.8 Å². The minimum atomic E-state index is -0.568. The van der Waals surface area contributed by atoms with Gasteiger partial charge >= 0.3 is 5.69 Å². The Kier molecular flexibility index (Phi) is 4.42. The SMILES string of the molecule is COc1ccc(Nc2ncnc(Nc3cc(C)on3)c2[N+](=O)[O-])cc1. The number of methoxy groups -OCH3 is 1. The molecule has 0 amide bonds. The summed E-state index contributed by atoms with van der Waals surface area (Å²) < 4.78 is 10.0. The maximum absolute atomic E-state index is 11.5. The van der Waals surface area contributed by atoms with Gasteiger partial charge in [0, 0.05) is 11.8 Å². The van der Waals surface area contributed by atoms with Crippen molar-refractivity contribution in [2.24, 2.45) is 0 Å². The summed E-state index contributed by atoms with van der Waals surface area (Å²) in [6.07, 6.45) is 1.22. The summed E-state index contributed by atoms with van der Waals surface area (Å²) in [6, 6.07) is 8.50. The van der Waals surface area contributed by atoms with E-state index in [0.717, 1.165) is 0 Å². The minimum absolute atomic E-state index is 0.00399. The van der Waals surface area contributed by atoms with E-state index in [9.17, 15) is 10.1 Å². The van der Waals surface area contributed by atoms with E-state index in [2.05, 4.69) is 25.8 Å². The molecule has 0 fully saturated rings. The lowest BCUT2D eigenvalue weighted by Crippen LogP contribution is -2.05. The molecule has 2 N–H and O–H groups in total. The smallest absolute Gasteiger partial charge is 0.353 e. The lowest BCUT2D eigenvalue weighted by Gasteiger charge is -2.09. The first-order chi connectivity index (χ1) is 12.1. The second-order valence-corrected chi connectivity index (χ2v) is 4.98. The fourth-order valence-corrected chi connectivity index (χ4v) is 2.09. The molecule has 2 heterocycles. The van der Waals surface area contributed by atoms with Gasteiger partial charge in [-0.05, 0) is 31.2 Å². The van der Waals surface area contributed by atoms with Crippen LogP contribution in [0.5, 0.6) is 5.75 Å². The van der Waals surface area contributed by atoms with Gasteiger partial charge < -0.3 is 19.9 Å². The molecule has 25 heavy (non-hydrogen) atoms. The van der Waals surface area contributed by atoms with Gasteiger partial charge in [0.15, 0.2) is 5.82 Å². The third-order valence-corrected chi connectivity index (χ3v) is 3.23. The average Bonchev–Trinajstić information content (AvgIpc) is 3.00. The van der Waals surface area contributed by atoms with Crippen molar-refractivity contribution >= 4 is 28.8 Å². The topological polar surface area (TPSA) is 128 Å². The Morgan fingerprint density at radius 1 is 1.16 bits per heavy atom. The Labute approximate surface area is 142 Å². The van der Waals surface area contributed by atoms with E-state index in [1.54, 1.807) is 44.4 Å². The first kappa shape index (κ1) is 16.2. The molecule has 10 heteroatoms. The molecule has 128 valence electrons. The number of nitro groups is 1. The largest absolute Gasteiger partial charge is 0.497 e. The quantitative estimate of drug-likeness (QED) is 0.512. The highest BCUT2D eigenvalue weighted by Gasteiger charge is 2.24. The highest BCUT2D eigenvalue weighted by molar-refractivity contribution is 5.76. The van der Waals surface area contributed by atoms with E-state index in [0.29, 0.717) is 23.0 Å². The lowest BCUT2D eigenvalue weighted by molar-refractivity contribution is -0.383. The number of hydrogen-bond acceptors (Lipinski definition) is 9. The maximum Gasteiger partial charge on any atom is 0.353 e. The summed E-state index contributed by atoms with van der Waals surface area (Å²) >= 11 is 0. The average molecular weight is 342 g/mol. The molecule has 2 aromatic heterocycles. The molecule has 0 saturated carbocycles. The first-order valence-electron chi connectivity index (χ1n) is 7.17. The van der Waals surface area contributed by atoms with Gasteiger partial charge in [-0.3, -0.25) is 10.1 Å². The molecule has 0 unspecified atom stereocenters. The number of hydrogen-bond donors (Lipinski definition) is 2. The monoisotopic (exact) mass is 342 g/mol. The molecule has 0 aliphatic rings. The summed E-state index contributed by atoms with van der Waals surface area (Å²) in [5.41, 5.74) is 0.310. The van der Waals surface area contributed by atoms with Crippen molar-refractivity contribution in [3.63, 3.8) is 0 Å². The summed E-state index contributed by atoms with van der Waals surface area (Å²) in [5.74, 6) is 1.61. The highest BCUT2D eigenvalue weighted by Crippen LogP contribution is 2.33. The van der Waals surface area contributed by atoms with Gasteiger partial charge in [-0.25, -0.2) is 9.97 Å². The predicted octanol–water partition coefficient (Wildman–Crippen LogP) is 3.18. The standard InChI is InChI=1S/C15H14N6O4/c1-9-7-12(20-25-9)19-15-13(21(22)23)14(16-8-17-15)18-10-3-5-11(24-2)6-4-10/h3-8H,1-2H3,(H2,16,17,18,19,20). The van der Waals surface area contributed by atoms with Crippen LogP contribution in [0, 0.1) is 17.0 Å². The van der Waals surface area contributed by atoms with Crippen molar-refractivity contribution in [1.29, 1.82) is 0 Å². The van der Waals surface area contributed by atoms with Crippen LogP contribution in [0.25, 0.3) is 0 Å². The van der Waals surface area contributed by atoms with Gasteiger partial charge in [0.2, 0.25) is 11.6 Å². The van der Waals surface area contributed by atoms with Crippen LogP contribution in [-0.4, -0.2) is 27.2 Å².